The summed E-state index contributed by atoms with van der Waals surface area (Å²) in [5, 5.41) is 19.7. The van der Waals surface area contributed by atoms with Crippen LogP contribution in [-0.2, 0) is 10.0 Å². The number of pyridine rings is 2. The van der Waals surface area contributed by atoms with Gasteiger partial charge in [-0.3, -0.25) is 9.55 Å². The van der Waals surface area contributed by atoms with E-state index in [0.29, 0.717) is 18.0 Å². The molecule has 1 N–H and O–H groups in total. The lowest BCUT2D eigenvalue weighted by Crippen LogP contribution is -2.42. The molecule has 0 aliphatic rings. The highest BCUT2D eigenvalue weighted by atomic mass is 32.2. The highest BCUT2D eigenvalue weighted by Crippen LogP contribution is 2.34. The van der Waals surface area contributed by atoms with Gasteiger partial charge in [0.1, 0.15) is 46.6 Å². The van der Waals surface area contributed by atoms with Gasteiger partial charge in [-0.05, 0) is 37.6 Å². The minimum Gasteiger partial charge on any atom is -0.275 e. The summed E-state index contributed by atoms with van der Waals surface area (Å²) >= 11 is 0. The van der Waals surface area contributed by atoms with E-state index in [1.165, 1.54) is 23.0 Å². The second kappa shape index (κ2) is 8.99. The Morgan fingerprint density at radius 3 is 2.42 bits per heavy atom. The summed E-state index contributed by atoms with van der Waals surface area (Å²) in [5.74, 6) is 0.207. The molecule has 0 amide bonds. The van der Waals surface area contributed by atoms with Gasteiger partial charge in [-0.15, -0.1) is 0 Å². The molecule has 0 spiro atoms. The fraction of sp³-hybridized carbons (Fsp3) is 0.182. The summed E-state index contributed by atoms with van der Waals surface area (Å²) < 4.78 is 66.4. The van der Waals surface area contributed by atoms with E-state index in [9.17, 15) is 32.1 Å². The molecule has 4 aromatic rings. The molecule has 10 nitrogen and oxygen atoms in total. The molecule has 4 rings (SSSR count). The molecule has 1 unspecified atom stereocenters. The molecule has 0 radical (unpaired) electrons. The minimum atomic E-state index is -4.77. The zero-order valence-corrected chi connectivity index (χ0v) is 19.4. The van der Waals surface area contributed by atoms with Gasteiger partial charge in [0.25, 0.3) is 0 Å². The number of hydrogen-bond donors (Lipinski definition) is 1. The van der Waals surface area contributed by atoms with Crippen LogP contribution in [0.15, 0.2) is 47.9 Å². The average Bonchev–Trinajstić information content (AvgIpc) is 3.16. The lowest BCUT2D eigenvalue weighted by atomic mass is 10.1. The zero-order valence-electron chi connectivity index (χ0n) is 18.6. The van der Waals surface area contributed by atoms with Crippen molar-refractivity contribution in [2.24, 2.45) is 0 Å². The Balaban J connectivity index is 1.91. The van der Waals surface area contributed by atoms with E-state index in [0.717, 1.165) is 17.8 Å². The van der Waals surface area contributed by atoms with E-state index in [2.05, 4.69) is 26.0 Å². The number of halogens is 3. The summed E-state index contributed by atoms with van der Waals surface area (Å²) in [7, 11) is -4.53. The number of nitriles is 2. The standard InChI is InChI=1S/C22H15F3N8O2S/c1-12-5-16-17(8-27)20(33(21(16)29-9-12)19-6-14(7-26)30-11-31-19)18-4-3-15(10-28-18)36(34,35)32-13(2)22(23,24)25/h3-6,9-11,13,32H,1-2H3. The van der Waals surface area contributed by atoms with E-state index in [-0.39, 0.29) is 28.5 Å². The van der Waals surface area contributed by atoms with E-state index < -0.39 is 27.1 Å². The molecule has 0 aromatic carbocycles. The van der Waals surface area contributed by atoms with Crippen molar-refractivity contribution in [2.45, 2.75) is 31.0 Å². The van der Waals surface area contributed by atoms with Gasteiger partial charge in [0.05, 0.1) is 17.0 Å². The fourth-order valence-electron chi connectivity index (χ4n) is 3.43. The number of hydrogen-bond acceptors (Lipinski definition) is 8. The molecule has 4 heterocycles. The van der Waals surface area contributed by atoms with Crippen molar-refractivity contribution < 1.29 is 21.6 Å². The third kappa shape index (κ3) is 4.47. The number of nitrogens with one attached hydrogen (secondary N) is 1. The molecule has 36 heavy (non-hydrogen) atoms. The van der Waals surface area contributed by atoms with Gasteiger partial charge in [-0.25, -0.2) is 23.4 Å². The van der Waals surface area contributed by atoms with Crippen LogP contribution in [-0.4, -0.2) is 45.1 Å². The summed E-state index contributed by atoms with van der Waals surface area (Å²) in [6.45, 7) is 2.47. The minimum absolute atomic E-state index is 0.0534. The second-order valence-electron chi connectivity index (χ2n) is 7.69. The second-order valence-corrected chi connectivity index (χ2v) is 9.41. The molecule has 0 aliphatic heterocycles. The van der Waals surface area contributed by atoms with Crippen molar-refractivity contribution in [2.75, 3.05) is 0 Å². The van der Waals surface area contributed by atoms with Gasteiger partial charge in [0.15, 0.2) is 0 Å². The van der Waals surface area contributed by atoms with Crippen molar-refractivity contribution in [3.05, 3.63) is 59.8 Å². The first-order chi connectivity index (χ1) is 17.0. The van der Waals surface area contributed by atoms with Crippen LogP contribution < -0.4 is 4.72 Å². The van der Waals surface area contributed by atoms with Crippen molar-refractivity contribution in [1.82, 2.24) is 29.2 Å². The molecule has 0 aliphatic carbocycles. The normalized spacial score (nSPS) is 12.8. The van der Waals surface area contributed by atoms with Crippen LogP contribution in [0.2, 0.25) is 0 Å². The van der Waals surface area contributed by atoms with Crippen LogP contribution >= 0.6 is 0 Å². The Bertz CT molecular complexity index is 1670. The molecule has 14 heteroatoms. The molecule has 4 aromatic heterocycles. The van der Waals surface area contributed by atoms with Gasteiger partial charge in [-0.2, -0.15) is 28.4 Å². The third-order valence-corrected chi connectivity index (χ3v) is 6.69. The third-order valence-electron chi connectivity index (χ3n) is 5.17. The number of nitrogens with zero attached hydrogens (tertiary/aromatic N) is 7. The average molecular weight is 512 g/mol. The van der Waals surface area contributed by atoms with Crippen LogP contribution in [0, 0.1) is 29.6 Å². The number of fused-ring (bicyclic) bond motifs is 1. The summed E-state index contributed by atoms with van der Waals surface area (Å²) in [5.41, 5.74) is 1.63. The van der Waals surface area contributed by atoms with Crippen molar-refractivity contribution in [1.29, 1.82) is 10.5 Å². The molecule has 182 valence electrons. The van der Waals surface area contributed by atoms with Crippen LogP contribution in [0.4, 0.5) is 13.2 Å². The zero-order chi connectivity index (χ0) is 26.3. The molecule has 0 saturated heterocycles. The summed E-state index contributed by atoms with van der Waals surface area (Å²) in [6, 6.07) is 7.16. The van der Waals surface area contributed by atoms with Gasteiger partial charge in [0, 0.05) is 23.8 Å². The monoisotopic (exact) mass is 512 g/mol. The van der Waals surface area contributed by atoms with E-state index in [1.807, 2.05) is 6.07 Å². The first-order valence-corrected chi connectivity index (χ1v) is 11.6. The van der Waals surface area contributed by atoms with Gasteiger partial charge in [0.2, 0.25) is 10.0 Å². The molecule has 0 saturated carbocycles. The lowest BCUT2D eigenvalue weighted by Gasteiger charge is -2.17. The van der Waals surface area contributed by atoms with E-state index in [4.69, 9.17) is 0 Å². The maximum atomic E-state index is 12.8. The quantitative estimate of drug-likeness (QED) is 0.428. The maximum absolute atomic E-state index is 12.8. The predicted octanol–water partition coefficient (Wildman–Crippen LogP) is 3.16. The Hall–Kier alpha value is -4.40. The molecule has 0 bridgehead atoms. The summed E-state index contributed by atoms with van der Waals surface area (Å²) in [4.78, 5) is 16.1. The summed E-state index contributed by atoms with van der Waals surface area (Å²) in [6.07, 6.45) is -1.13. The van der Waals surface area contributed by atoms with Crippen LogP contribution in [0.3, 0.4) is 0 Å². The highest BCUT2D eigenvalue weighted by Gasteiger charge is 2.39. The van der Waals surface area contributed by atoms with E-state index in [1.54, 1.807) is 23.9 Å². The maximum Gasteiger partial charge on any atom is 0.404 e. The predicted molar refractivity (Wildman–Crippen MR) is 120 cm³/mol. The van der Waals surface area contributed by atoms with Gasteiger partial charge in [-0.1, -0.05) is 0 Å². The van der Waals surface area contributed by atoms with Crippen molar-refractivity contribution in [3.63, 3.8) is 0 Å². The van der Waals surface area contributed by atoms with Crippen LogP contribution in [0.5, 0.6) is 0 Å². The SMILES string of the molecule is Cc1cnc2c(c1)c(C#N)c(-c1ccc(S(=O)(=O)NC(C)C(F)(F)F)cn1)n2-c1cc(C#N)ncn1. The number of rotatable bonds is 5. The fourth-order valence-corrected chi connectivity index (χ4v) is 4.60. The van der Waals surface area contributed by atoms with Crippen molar-refractivity contribution >= 4 is 21.1 Å². The number of aromatic nitrogens is 5. The Labute approximate surface area is 202 Å². The van der Waals surface area contributed by atoms with Gasteiger partial charge < -0.3 is 0 Å². The van der Waals surface area contributed by atoms with Crippen LogP contribution in [0.1, 0.15) is 23.7 Å². The molecule has 1 atom stereocenters. The largest absolute Gasteiger partial charge is 0.404 e. The van der Waals surface area contributed by atoms with E-state index >= 15 is 0 Å². The number of alkyl halides is 3. The Morgan fingerprint density at radius 2 is 1.81 bits per heavy atom. The smallest absolute Gasteiger partial charge is 0.275 e. The first kappa shape index (κ1) is 24.7. The van der Waals surface area contributed by atoms with Gasteiger partial charge >= 0.3 is 6.18 Å². The number of sulfonamides is 1. The molecular formula is C22H15F3N8O2S. The Kier molecular flexibility index (Phi) is 6.17. The lowest BCUT2D eigenvalue weighted by molar-refractivity contribution is -0.147. The molecular weight excluding hydrogens is 497 g/mol. The number of aryl methyl sites for hydroxylation is 1. The van der Waals surface area contributed by atoms with Crippen LogP contribution in [0.25, 0.3) is 28.2 Å². The van der Waals surface area contributed by atoms with Crippen molar-refractivity contribution in [3.8, 4) is 29.3 Å². The first-order valence-electron chi connectivity index (χ1n) is 10.2. The molecule has 0 fully saturated rings. The Morgan fingerprint density at radius 1 is 1.06 bits per heavy atom. The topological polar surface area (TPSA) is 150 Å². The highest BCUT2D eigenvalue weighted by molar-refractivity contribution is 7.89.